The first-order valence-corrected chi connectivity index (χ1v) is 5.73. The lowest BCUT2D eigenvalue weighted by molar-refractivity contribution is 0.390. The van der Waals surface area contributed by atoms with Crippen LogP contribution in [0, 0.1) is 13.8 Å². The van der Waals surface area contributed by atoms with Gasteiger partial charge < -0.3 is 15.5 Å². The molecule has 0 aliphatic carbocycles. The molecule has 0 bridgehead atoms. The van der Waals surface area contributed by atoms with Crippen LogP contribution in [0.15, 0.2) is 6.07 Å². The molecule has 1 atom stereocenters. The first-order chi connectivity index (χ1) is 7.46. The fourth-order valence-corrected chi connectivity index (χ4v) is 2.58. The van der Waals surface area contributed by atoms with Gasteiger partial charge in [-0.25, -0.2) is 0 Å². The van der Waals surface area contributed by atoms with E-state index in [1.165, 1.54) is 0 Å². The molecular formula is C13H19NO2. The third-order valence-electron chi connectivity index (χ3n) is 3.81. The van der Waals surface area contributed by atoms with Crippen LogP contribution in [0.5, 0.6) is 11.5 Å². The summed E-state index contributed by atoms with van der Waals surface area (Å²) in [5.41, 5.74) is 2.86. The molecule has 1 heterocycles. The Morgan fingerprint density at radius 2 is 1.94 bits per heavy atom. The molecule has 1 aromatic rings. The summed E-state index contributed by atoms with van der Waals surface area (Å²) in [5.74, 6) is -0.0177. The Balaban J connectivity index is 2.57. The zero-order valence-corrected chi connectivity index (χ0v) is 10.1. The molecule has 3 nitrogen and oxygen atoms in total. The number of benzene rings is 1. The van der Waals surface area contributed by atoms with Gasteiger partial charge in [-0.2, -0.15) is 0 Å². The normalized spacial score (nSPS) is 24.9. The summed E-state index contributed by atoms with van der Waals surface area (Å²) in [6.07, 6.45) is 2.22. The zero-order chi connectivity index (χ0) is 11.9. The Labute approximate surface area is 96.1 Å². The van der Waals surface area contributed by atoms with Crippen LogP contribution in [-0.2, 0) is 5.54 Å². The molecule has 0 spiro atoms. The van der Waals surface area contributed by atoms with E-state index in [1.54, 1.807) is 6.07 Å². The summed E-state index contributed by atoms with van der Waals surface area (Å²) in [6.45, 7) is 7.00. The first-order valence-electron chi connectivity index (χ1n) is 5.73. The average molecular weight is 221 g/mol. The third kappa shape index (κ3) is 1.55. The van der Waals surface area contributed by atoms with Crippen LogP contribution < -0.4 is 5.32 Å². The molecule has 16 heavy (non-hydrogen) atoms. The van der Waals surface area contributed by atoms with Gasteiger partial charge in [-0.3, -0.25) is 0 Å². The fourth-order valence-electron chi connectivity index (χ4n) is 2.58. The van der Waals surface area contributed by atoms with E-state index in [4.69, 9.17) is 0 Å². The molecule has 2 rings (SSSR count). The monoisotopic (exact) mass is 221 g/mol. The van der Waals surface area contributed by atoms with Crippen molar-refractivity contribution in [3.05, 3.63) is 22.8 Å². The van der Waals surface area contributed by atoms with E-state index in [0.717, 1.165) is 36.1 Å². The Morgan fingerprint density at radius 3 is 2.50 bits per heavy atom. The Morgan fingerprint density at radius 1 is 1.25 bits per heavy atom. The van der Waals surface area contributed by atoms with Crippen molar-refractivity contribution in [3.63, 3.8) is 0 Å². The van der Waals surface area contributed by atoms with Crippen LogP contribution >= 0.6 is 0 Å². The van der Waals surface area contributed by atoms with Crippen LogP contribution in [0.1, 0.15) is 36.5 Å². The van der Waals surface area contributed by atoms with E-state index in [1.807, 2.05) is 13.8 Å². The highest BCUT2D eigenvalue weighted by molar-refractivity contribution is 5.53. The Hall–Kier alpha value is -1.22. The highest BCUT2D eigenvalue weighted by Crippen LogP contribution is 2.40. The van der Waals surface area contributed by atoms with Crippen molar-refractivity contribution >= 4 is 0 Å². The average Bonchev–Trinajstić information content (AvgIpc) is 2.68. The molecule has 0 aromatic heterocycles. The second-order valence-electron chi connectivity index (χ2n) is 4.90. The molecular weight excluding hydrogens is 202 g/mol. The molecule has 1 fully saturated rings. The van der Waals surface area contributed by atoms with Gasteiger partial charge in [0.2, 0.25) is 0 Å². The Bertz CT molecular complexity index is 420. The predicted molar refractivity (Wildman–Crippen MR) is 63.8 cm³/mol. The largest absolute Gasteiger partial charge is 0.504 e. The van der Waals surface area contributed by atoms with Gasteiger partial charge in [-0.15, -0.1) is 0 Å². The second kappa shape index (κ2) is 3.67. The van der Waals surface area contributed by atoms with Crippen LogP contribution in [0.4, 0.5) is 0 Å². The molecule has 1 unspecified atom stereocenters. The smallest absolute Gasteiger partial charge is 0.160 e. The van der Waals surface area contributed by atoms with Crippen LogP contribution in [0.2, 0.25) is 0 Å². The van der Waals surface area contributed by atoms with E-state index < -0.39 is 0 Å². The molecule has 1 saturated heterocycles. The van der Waals surface area contributed by atoms with Crippen molar-refractivity contribution in [2.45, 2.75) is 39.2 Å². The van der Waals surface area contributed by atoms with Gasteiger partial charge in [0.15, 0.2) is 11.5 Å². The summed E-state index contributed by atoms with van der Waals surface area (Å²) in [4.78, 5) is 0. The number of phenols is 2. The van der Waals surface area contributed by atoms with Crippen molar-refractivity contribution in [1.29, 1.82) is 0 Å². The maximum atomic E-state index is 9.70. The molecule has 0 radical (unpaired) electrons. The molecule has 3 heteroatoms. The van der Waals surface area contributed by atoms with E-state index in [2.05, 4.69) is 12.2 Å². The topological polar surface area (TPSA) is 52.5 Å². The summed E-state index contributed by atoms with van der Waals surface area (Å²) in [7, 11) is 0. The van der Waals surface area contributed by atoms with E-state index in [9.17, 15) is 10.2 Å². The SMILES string of the molecule is Cc1c(C2(C)CCCN2)cc(O)c(O)c1C. The maximum Gasteiger partial charge on any atom is 0.160 e. The van der Waals surface area contributed by atoms with Crippen LogP contribution in [0.3, 0.4) is 0 Å². The van der Waals surface area contributed by atoms with Gasteiger partial charge in [-0.1, -0.05) is 0 Å². The minimum atomic E-state index is -0.0694. The molecule has 1 aromatic carbocycles. The summed E-state index contributed by atoms with van der Waals surface area (Å²) in [5, 5.41) is 22.8. The zero-order valence-electron chi connectivity index (χ0n) is 10.1. The van der Waals surface area contributed by atoms with Crippen molar-refractivity contribution < 1.29 is 10.2 Å². The highest BCUT2D eigenvalue weighted by Gasteiger charge is 2.32. The number of phenolic OH excluding ortho intramolecular Hbond substituents is 2. The quantitative estimate of drug-likeness (QED) is 0.638. The van der Waals surface area contributed by atoms with Gasteiger partial charge in [0.25, 0.3) is 0 Å². The lowest BCUT2D eigenvalue weighted by Gasteiger charge is -2.28. The molecule has 1 aliphatic heterocycles. The van der Waals surface area contributed by atoms with Crippen molar-refractivity contribution in [2.75, 3.05) is 6.54 Å². The standard InChI is InChI=1S/C13H19NO2/c1-8-9(2)12(16)11(15)7-10(8)13(3)5-4-6-14-13/h7,14-16H,4-6H2,1-3H3. The predicted octanol–water partition coefficient (Wildman–Crippen LogP) is 2.31. The first kappa shape index (κ1) is 11.3. The van der Waals surface area contributed by atoms with Gasteiger partial charge in [-0.05, 0) is 62.9 Å². The third-order valence-corrected chi connectivity index (χ3v) is 3.81. The summed E-state index contributed by atoms with van der Waals surface area (Å²) < 4.78 is 0. The lowest BCUT2D eigenvalue weighted by atomic mass is 9.85. The highest BCUT2D eigenvalue weighted by atomic mass is 16.3. The van der Waals surface area contributed by atoms with Gasteiger partial charge in [0.05, 0.1) is 0 Å². The second-order valence-corrected chi connectivity index (χ2v) is 4.90. The van der Waals surface area contributed by atoms with E-state index >= 15 is 0 Å². The van der Waals surface area contributed by atoms with Crippen LogP contribution in [0.25, 0.3) is 0 Å². The van der Waals surface area contributed by atoms with Gasteiger partial charge >= 0.3 is 0 Å². The van der Waals surface area contributed by atoms with Crippen LogP contribution in [-0.4, -0.2) is 16.8 Å². The molecule has 0 saturated carbocycles. The lowest BCUT2D eigenvalue weighted by Crippen LogP contribution is -2.34. The van der Waals surface area contributed by atoms with Crippen molar-refractivity contribution in [2.24, 2.45) is 0 Å². The summed E-state index contributed by atoms with van der Waals surface area (Å²) >= 11 is 0. The fraction of sp³-hybridized carbons (Fsp3) is 0.538. The minimum Gasteiger partial charge on any atom is -0.504 e. The Kier molecular flexibility index (Phi) is 2.58. The minimum absolute atomic E-state index is 0.00264. The molecule has 88 valence electrons. The number of nitrogens with one attached hydrogen (secondary N) is 1. The van der Waals surface area contributed by atoms with E-state index in [0.29, 0.717) is 0 Å². The van der Waals surface area contributed by atoms with Crippen molar-refractivity contribution in [3.8, 4) is 11.5 Å². The number of aromatic hydroxyl groups is 2. The summed E-state index contributed by atoms with van der Waals surface area (Å²) in [6, 6.07) is 1.69. The molecule has 3 N–H and O–H groups in total. The number of hydrogen-bond donors (Lipinski definition) is 3. The van der Waals surface area contributed by atoms with E-state index in [-0.39, 0.29) is 17.0 Å². The molecule has 1 aliphatic rings. The maximum absolute atomic E-state index is 9.70. The van der Waals surface area contributed by atoms with Gasteiger partial charge in [0, 0.05) is 5.54 Å². The molecule has 0 amide bonds. The number of rotatable bonds is 1. The van der Waals surface area contributed by atoms with Crippen molar-refractivity contribution in [1.82, 2.24) is 5.32 Å². The number of hydrogen-bond acceptors (Lipinski definition) is 3. The van der Waals surface area contributed by atoms with Gasteiger partial charge in [0.1, 0.15) is 0 Å².